The molecule has 96 valence electrons. The fourth-order valence-corrected chi connectivity index (χ4v) is 2.32. The van der Waals surface area contributed by atoms with Gasteiger partial charge >= 0.3 is 0 Å². The summed E-state index contributed by atoms with van der Waals surface area (Å²) < 4.78 is 19.5. The minimum absolute atomic E-state index is 0.0759. The summed E-state index contributed by atoms with van der Waals surface area (Å²) in [6.45, 7) is 2.17. The molecule has 4 nitrogen and oxygen atoms in total. The highest BCUT2D eigenvalue weighted by Gasteiger charge is 2.10. The molecule has 18 heavy (non-hydrogen) atoms. The average Bonchev–Trinajstić information content (AvgIpc) is 2.81. The third-order valence-electron chi connectivity index (χ3n) is 2.55. The molecular weight excluding hydrogens is 255 g/mol. The van der Waals surface area contributed by atoms with E-state index >= 15 is 0 Å². The van der Waals surface area contributed by atoms with Crippen LogP contribution in [0.25, 0.3) is 0 Å². The molecule has 1 unspecified atom stereocenters. The first kappa shape index (κ1) is 12.9. The van der Waals surface area contributed by atoms with Gasteiger partial charge < -0.3 is 9.30 Å². The van der Waals surface area contributed by atoms with Gasteiger partial charge in [-0.2, -0.15) is 0 Å². The quantitative estimate of drug-likeness (QED) is 0.854. The van der Waals surface area contributed by atoms with Crippen LogP contribution >= 0.6 is 11.3 Å². The van der Waals surface area contributed by atoms with Gasteiger partial charge in [-0.05, 0) is 13.0 Å². The van der Waals surface area contributed by atoms with Gasteiger partial charge in [-0.15, -0.1) is 11.3 Å². The van der Waals surface area contributed by atoms with Gasteiger partial charge in [0.15, 0.2) is 0 Å². The van der Waals surface area contributed by atoms with Crippen LogP contribution in [-0.2, 0) is 11.3 Å². The fourth-order valence-electron chi connectivity index (χ4n) is 1.48. The van der Waals surface area contributed by atoms with E-state index < -0.39 is 5.82 Å². The second-order valence-electron chi connectivity index (χ2n) is 3.87. The zero-order valence-corrected chi connectivity index (χ0v) is 10.9. The van der Waals surface area contributed by atoms with Crippen molar-refractivity contribution in [2.75, 3.05) is 7.11 Å². The molecule has 2 rings (SSSR count). The number of rotatable bonds is 4. The second kappa shape index (κ2) is 5.41. The van der Waals surface area contributed by atoms with E-state index in [0.29, 0.717) is 0 Å². The van der Waals surface area contributed by atoms with Gasteiger partial charge in [0.2, 0.25) is 0 Å². The predicted molar refractivity (Wildman–Crippen MR) is 67.3 cm³/mol. The zero-order valence-electron chi connectivity index (χ0n) is 10.1. The number of halogens is 1. The molecular formula is C12H13FN2O2S. The summed E-state index contributed by atoms with van der Waals surface area (Å²) in [5, 5.41) is 2.69. The van der Waals surface area contributed by atoms with Crippen molar-refractivity contribution in [3.63, 3.8) is 0 Å². The van der Waals surface area contributed by atoms with Crippen molar-refractivity contribution in [2.24, 2.45) is 0 Å². The van der Waals surface area contributed by atoms with Crippen LogP contribution in [0, 0.1) is 5.82 Å². The molecule has 0 aromatic carbocycles. The highest BCUT2D eigenvalue weighted by molar-refractivity contribution is 7.09. The number of thiazole rings is 1. The third kappa shape index (κ3) is 2.83. The Hall–Kier alpha value is -1.53. The molecule has 0 amide bonds. The van der Waals surface area contributed by atoms with Gasteiger partial charge in [0, 0.05) is 24.8 Å². The molecule has 6 heteroatoms. The summed E-state index contributed by atoms with van der Waals surface area (Å²) in [4.78, 5) is 15.9. The van der Waals surface area contributed by atoms with E-state index in [4.69, 9.17) is 4.74 Å². The van der Waals surface area contributed by atoms with Crippen LogP contribution in [0.3, 0.4) is 0 Å². The summed E-state index contributed by atoms with van der Waals surface area (Å²) in [5.41, 5.74) is 0.484. The zero-order chi connectivity index (χ0) is 13.1. The number of ether oxygens (including phenoxy) is 1. The van der Waals surface area contributed by atoms with Crippen LogP contribution in [0.1, 0.15) is 23.7 Å². The van der Waals surface area contributed by atoms with Crippen molar-refractivity contribution >= 4 is 11.3 Å². The highest BCUT2D eigenvalue weighted by Crippen LogP contribution is 2.20. The molecule has 2 aromatic heterocycles. The SMILES string of the molecule is COC(C)c1nc(Cn2cc(F)ccc2=O)cs1. The lowest BCUT2D eigenvalue weighted by Gasteiger charge is -2.04. The van der Waals surface area contributed by atoms with Crippen LogP contribution in [0.2, 0.25) is 0 Å². The van der Waals surface area contributed by atoms with Crippen LogP contribution in [0.15, 0.2) is 28.5 Å². The summed E-state index contributed by atoms with van der Waals surface area (Å²) in [6.07, 6.45) is 1.11. The third-order valence-corrected chi connectivity index (χ3v) is 3.61. The normalized spacial score (nSPS) is 12.6. The van der Waals surface area contributed by atoms with E-state index in [1.807, 2.05) is 12.3 Å². The Morgan fingerprint density at radius 2 is 2.33 bits per heavy atom. The maximum Gasteiger partial charge on any atom is 0.251 e. The highest BCUT2D eigenvalue weighted by atomic mass is 32.1. The molecule has 0 aliphatic heterocycles. The fraction of sp³-hybridized carbons (Fsp3) is 0.333. The molecule has 0 N–H and O–H groups in total. The molecule has 0 aliphatic rings. The van der Waals surface area contributed by atoms with Crippen LogP contribution in [0.4, 0.5) is 4.39 Å². The van der Waals surface area contributed by atoms with E-state index in [1.165, 1.54) is 28.2 Å². The Morgan fingerprint density at radius 3 is 3.06 bits per heavy atom. The smallest absolute Gasteiger partial charge is 0.251 e. The average molecular weight is 268 g/mol. The Morgan fingerprint density at radius 1 is 1.56 bits per heavy atom. The van der Waals surface area contributed by atoms with E-state index in [9.17, 15) is 9.18 Å². The van der Waals surface area contributed by atoms with Gasteiger partial charge in [-0.3, -0.25) is 4.79 Å². The summed E-state index contributed by atoms with van der Waals surface area (Å²) in [5.74, 6) is -0.435. The number of hydrogen-bond donors (Lipinski definition) is 0. The second-order valence-corrected chi connectivity index (χ2v) is 4.76. The number of hydrogen-bond acceptors (Lipinski definition) is 4. The minimum Gasteiger partial charge on any atom is -0.375 e. The first-order valence-corrected chi connectivity index (χ1v) is 6.31. The molecule has 0 fully saturated rings. The van der Waals surface area contributed by atoms with Crippen LogP contribution in [-0.4, -0.2) is 16.7 Å². The monoisotopic (exact) mass is 268 g/mol. The molecule has 2 aromatic rings. The molecule has 0 radical (unpaired) electrons. The lowest BCUT2D eigenvalue weighted by Crippen LogP contribution is -2.19. The van der Waals surface area contributed by atoms with Gasteiger partial charge in [0.25, 0.3) is 5.56 Å². The molecule has 0 saturated heterocycles. The van der Waals surface area contributed by atoms with Crippen molar-refractivity contribution < 1.29 is 9.13 Å². The largest absolute Gasteiger partial charge is 0.375 e. The van der Waals surface area contributed by atoms with Crippen LogP contribution in [0.5, 0.6) is 0 Å². The molecule has 0 saturated carbocycles. The van der Waals surface area contributed by atoms with Gasteiger partial charge in [0.05, 0.1) is 12.2 Å². The van der Waals surface area contributed by atoms with Crippen molar-refractivity contribution in [3.05, 3.63) is 50.6 Å². The number of nitrogens with zero attached hydrogens (tertiary/aromatic N) is 2. The van der Waals surface area contributed by atoms with Gasteiger partial charge in [-0.25, -0.2) is 9.37 Å². The topological polar surface area (TPSA) is 44.1 Å². The Bertz CT molecular complexity index is 594. The van der Waals surface area contributed by atoms with Crippen molar-refractivity contribution in [1.82, 2.24) is 9.55 Å². The van der Waals surface area contributed by atoms with Gasteiger partial charge in [-0.1, -0.05) is 0 Å². The first-order valence-electron chi connectivity index (χ1n) is 5.43. The molecule has 1 atom stereocenters. The number of aromatic nitrogens is 2. The molecule has 0 bridgehead atoms. The minimum atomic E-state index is -0.435. The molecule has 0 spiro atoms. The lowest BCUT2D eigenvalue weighted by atomic mass is 10.4. The standard InChI is InChI=1S/C12H13FN2O2S/c1-8(17-2)12-14-10(7-18-12)6-15-5-9(13)3-4-11(15)16/h3-5,7-8H,6H2,1-2H3. The molecule has 0 aliphatic carbocycles. The van der Waals surface area contributed by atoms with Crippen LogP contribution < -0.4 is 5.56 Å². The maximum atomic E-state index is 13.0. The van der Waals surface area contributed by atoms with E-state index in [-0.39, 0.29) is 18.2 Å². The number of methoxy groups -OCH3 is 1. The summed E-state index contributed by atoms with van der Waals surface area (Å²) in [7, 11) is 1.61. The van der Waals surface area contributed by atoms with Crippen molar-refractivity contribution in [2.45, 2.75) is 19.6 Å². The Balaban J connectivity index is 2.21. The predicted octanol–water partition coefficient (Wildman–Crippen LogP) is 2.20. The van der Waals surface area contributed by atoms with Gasteiger partial charge in [0.1, 0.15) is 16.9 Å². The Labute approximate surface area is 108 Å². The lowest BCUT2D eigenvalue weighted by molar-refractivity contribution is 0.119. The van der Waals surface area contributed by atoms with E-state index in [1.54, 1.807) is 7.11 Å². The van der Waals surface area contributed by atoms with E-state index in [2.05, 4.69) is 4.98 Å². The first-order chi connectivity index (χ1) is 8.60. The summed E-state index contributed by atoms with van der Waals surface area (Å²) in [6, 6.07) is 2.36. The summed E-state index contributed by atoms with van der Waals surface area (Å²) >= 11 is 1.47. The maximum absolute atomic E-state index is 13.0. The van der Waals surface area contributed by atoms with Crippen molar-refractivity contribution in [3.8, 4) is 0 Å². The Kier molecular flexibility index (Phi) is 3.88. The molecule has 2 heterocycles. The van der Waals surface area contributed by atoms with Crippen molar-refractivity contribution in [1.29, 1.82) is 0 Å². The van der Waals surface area contributed by atoms with E-state index in [0.717, 1.165) is 16.8 Å². The number of pyridine rings is 1.